The number of carbonyl (C=O) groups excluding carboxylic acids is 1. The molecule has 0 spiro atoms. The Morgan fingerprint density at radius 2 is 1.84 bits per heavy atom. The molecule has 1 aliphatic heterocycles. The fourth-order valence-corrected chi connectivity index (χ4v) is 3.96. The third kappa shape index (κ3) is 3.85. The number of imidazole rings is 1. The van der Waals surface area contributed by atoms with Gasteiger partial charge in [0, 0.05) is 50.2 Å². The smallest absolute Gasteiger partial charge is 0.241 e. The fraction of sp³-hybridized carbons (Fsp3) is 0.250. The molecule has 0 aliphatic carbocycles. The Bertz CT molecular complexity index is 1280. The molecule has 2 aromatic carbocycles. The third-order valence-corrected chi connectivity index (χ3v) is 5.68. The molecule has 0 saturated carbocycles. The second kappa shape index (κ2) is 8.47. The Hall–Kier alpha value is -3.65. The van der Waals surface area contributed by atoms with E-state index in [0.717, 1.165) is 18.5 Å². The topological polar surface area (TPSA) is 79.1 Å². The zero-order chi connectivity index (χ0) is 22.1. The molecule has 5 rings (SSSR count). The summed E-state index contributed by atoms with van der Waals surface area (Å²) in [4.78, 5) is 26.2. The van der Waals surface area contributed by atoms with Crippen molar-refractivity contribution in [2.45, 2.75) is 18.8 Å². The van der Waals surface area contributed by atoms with Crippen molar-refractivity contribution in [3.05, 3.63) is 77.8 Å². The van der Waals surface area contributed by atoms with E-state index in [-0.39, 0.29) is 23.3 Å². The van der Waals surface area contributed by atoms with Crippen molar-refractivity contribution in [2.24, 2.45) is 7.05 Å². The average molecular weight is 432 g/mol. The maximum atomic E-state index is 13.5. The van der Waals surface area contributed by atoms with Crippen LogP contribution in [-0.2, 0) is 11.8 Å². The number of carbonyl (C=O) groups is 1. The van der Waals surface area contributed by atoms with Crippen molar-refractivity contribution in [1.29, 1.82) is 0 Å². The van der Waals surface area contributed by atoms with E-state index >= 15 is 0 Å². The number of aryl methyl sites for hydroxylation is 1. The van der Waals surface area contributed by atoms with Crippen LogP contribution in [0.3, 0.4) is 0 Å². The van der Waals surface area contributed by atoms with E-state index in [4.69, 9.17) is 9.47 Å². The lowest BCUT2D eigenvalue weighted by atomic mass is 9.96. The number of fused-ring (bicyclic) bond motifs is 1. The average Bonchev–Trinajstić information content (AvgIpc) is 3.15. The molecular formula is C24H21FN4O3. The molecule has 0 amide bonds. The lowest BCUT2D eigenvalue weighted by Gasteiger charge is -2.22. The van der Waals surface area contributed by atoms with E-state index in [2.05, 4.69) is 15.0 Å². The summed E-state index contributed by atoms with van der Waals surface area (Å²) >= 11 is 0. The molecule has 0 bridgehead atoms. The van der Waals surface area contributed by atoms with Gasteiger partial charge in [0.1, 0.15) is 17.3 Å². The number of halogens is 1. The van der Waals surface area contributed by atoms with Gasteiger partial charge < -0.3 is 14.0 Å². The van der Waals surface area contributed by atoms with Crippen LogP contribution < -0.4 is 4.74 Å². The molecule has 1 fully saturated rings. The highest BCUT2D eigenvalue weighted by Crippen LogP contribution is 2.33. The number of rotatable bonds is 5. The molecule has 4 aromatic rings. The Labute approximate surface area is 183 Å². The lowest BCUT2D eigenvalue weighted by Crippen LogP contribution is -2.16. The van der Waals surface area contributed by atoms with Crippen molar-refractivity contribution in [1.82, 2.24) is 19.5 Å². The summed E-state index contributed by atoms with van der Waals surface area (Å²) in [5.74, 6) is 0.877. The third-order valence-electron chi connectivity index (χ3n) is 5.68. The van der Waals surface area contributed by atoms with Crippen molar-refractivity contribution < 1.29 is 18.7 Å². The first-order chi connectivity index (χ1) is 15.6. The summed E-state index contributed by atoms with van der Waals surface area (Å²) in [6.45, 7) is 1.40. The number of hydrogen-bond donors (Lipinski definition) is 0. The van der Waals surface area contributed by atoms with Crippen molar-refractivity contribution in [3.63, 3.8) is 0 Å². The van der Waals surface area contributed by atoms with Gasteiger partial charge in [-0.2, -0.15) is 0 Å². The van der Waals surface area contributed by atoms with E-state index < -0.39 is 0 Å². The second-order valence-electron chi connectivity index (χ2n) is 7.72. The first kappa shape index (κ1) is 20.3. The molecular weight excluding hydrogens is 411 g/mol. The predicted molar refractivity (Wildman–Crippen MR) is 115 cm³/mol. The van der Waals surface area contributed by atoms with Gasteiger partial charge in [0.2, 0.25) is 11.7 Å². The summed E-state index contributed by atoms with van der Waals surface area (Å²) in [6.07, 6.45) is 5.03. The van der Waals surface area contributed by atoms with Crippen LogP contribution >= 0.6 is 0 Å². The van der Waals surface area contributed by atoms with Crippen LogP contribution in [0.15, 0.2) is 54.9 Å². The van der Waals surface area contributed by atoms with Gasteiger partial charge in [-0.3, -0.25) is 9.78 Å². The van der Waals surface area contributed by atoms with Crippen LogP contribution in [0.1, 0.15) is 40.6 Å². The Kier molecular flexibility index (Phi) is 5.36. The van der Waals surface area contributed by atoms with Crippen LogP contribution in [0.4, 0.5) is 4.39 Å². The van der Waals surface area contributed by atoms with Crippen molar-refractivity contribution in [2.75, 3.05) is 13.2 Å². The van der Waals surface area contributed by atoms with Crippen LogP contribution in [0.2, 0.25) is 0 Å². The summed E-state index contributed by atoms with van der Waals surface area (Å²) in [5.41, 5.74) is 2.42. The maximum absolute atomic E-state index is 13.5. The van der Waals surface area contributed by atoms with Crippen molar-refractivity contribution >= 4 is 16.8 Å². The van der Waals surface area contributed by atoms with E-state index in [9.17, 15) is 9.18 Å². The SMILES string of the molecule is Cn1c(C(=O)c2ccc(Oc3nccnc3C3CCOCC3)cc2)nc2cc(F)ccc21. The Morgan fingerprint density at radius 3 is 2.62 bits per heavy atom. The maximum Gasteiger partial charge on any atom is 0.241 e. The van der Waals surface area contributed by atoms with E-state index in [1.807, 2.05) is 0 Å². The van der Waals surface area contributed by atoms with Gasteiger partial charge in [0.15, 0.2) is 5.82 Å². The number of ether oxygens (including phenoxy) is 2. The highest BCUT2D eigenvalue weighted by atomic mass is 19.1. The molecule has 1 aliphatic rings. The minimum atomic E-state index is -0.389. The summed E-state index contributed by atoms with van der Waals surface area (Å²) in [5, 5.41) is 0. The number of aromatic nitrogens is 4. The molecule has 2 aromatic heterocycles. The molecule has 0 atom stereocenters. The van der Waals surface area contributed by atoms with E-state index in [1.165, 1.54) is 12.1 Å². The molecule has 0 radical (unpaired) electrons. The highest BCUT2D eigenvalue weighted by Gasteiger charge is 2.22. The highest BCUT2D eigenvalue weighted by molar-refractivity contribution is 6.08. The van der Waals surface area contributed by atoms with Gasteiger partial charge in [0.05, 0.1) is 11.0 Å². The predicted octanol–water partition coefficient (Wildman–Crippen LogP) is 4.42. The fourth-order valence-electron chi connectivity index (χ4n) is 3.96. The second-order valence-corrected chi connectivity index (χ2v) is 7.72. The first-order valence-electron chi connectivity index (χ1n) is 10.4. The monoisotopic (exact) mass is 432 g/mol. The minimum Gasteiger partial charge on any atom is -0.437 e. The van der Waals surface area contributed by atoms with Gasteiger partial charge in [0.25, 0.3) is 0 Å². The van der Waals surface area contributed by atoms with Gasteiger partial charge in [-0.1, -0.05) is 0 Å². The van der Waals surface area contributed by atoms with Crippen LogP contribution in [0.25, 0.3) is 11.0 Å². The summed E-state index contributed by atoms with van der Waals surface area (Å²) in [6, 6.07) is 11.1. The number of nitrogens with zero attached hydrogens (tertiary/aromatic N) is 4. The van der Waals surface area contributed by atoms with Crippen molar-refractivity contribution in [3.8, 4) is 11.6 Å². The molecule has 8 heteroatoms. The first-order valence-corrected chi connectivity index (χ1v) is 10.4. The van der Waals surface area contributed by atoms with Crippen LogP contribution in [0, 0.1) is 5.82 Å². The number of benzene rings is 2. The molecule has 32 heavy (non-hydrogen) atoms. The Balaban J connectivity index is 1.37. The standard InChI is InChI=1S/C24H21FN4O3/c1-29-20-7-4-17(25)14-19(20)28-23(29)22(30)16-2-5-18(6-3-16)32-24-21(26-10-11-27-24)15-8-12-31-13-9-15/h2-7,10-11,14-15H,8-9,12-13H2,1H3. The normalized spacial score (nSPS) is 14.6. The largest absolute Gasteiger partial charge is 0.437 e. The van der Waals surface area contributed by atoms with Gasteiger partial charge in [-0.25, -0.2) is 14.4 Å². The number of hydrogen-bond acceptors (Lipinski definition) is 6. The Morgan fingerprint density at radius 1 is 1.09 bits per heavy atom. The zero-order valence-electron chi connectivity index (χ0n) is 17.5. The molecule has 162 valence electrons. The molecule has 7 nitrogen and oxygen atoms in total. The molecule has 0 N–H and O–H groups in total. The minimum absolute atomic E-state index is 0.245. The molecule has 1 saturated heterocycles. The molecule has 3 heterocycles. The summed E-state index contributed by atoms with van der Waals surface area (Å²) < 4.78 is 26.6. The van der Waals surface area contributed by atoms with Crippen LogP contribution in [-0.4, -0.2) is 38.5 Å². The number of ketones is 1. The van der Waals surface area contributed by atoms with Crippen LogP contribution in [0.5, 0.6) is 11.6 Å². The quantitative estimate of drug-likeness (QED) is 0.435. The molecule has 0 unspecified atom stereocenters. The van der Waals surface area contributed by atoms with Gasteiger partial charge in [-0.05, 0) is 49.2 Å². The summed E-state index contributed by atoms with van der Waals surface area (Å²) in [7, 11) is 1.74. The zero-order valence-corrected chi connectivity index (χ0v) is 17.5. The van der Waals surface area contributed by atoms with Gasteiger partial charge >= 0.3 is 0 Å². The lowest BCUT2D eigenvalue weighted by molar-refractivity contribution is 0.0839. The van der Waals surface area contributed by atoms with Gasteiger partial charge in [-0.15, -0.1) is 0 Å². The van der Waals surface area contributed by atoms with E-state index in [1.54, 1.807) is 54.3 Å². The van der Waals surface area contributed by atoms with E-state index in [0.29, 0.717) is 41.4 Å².